The lowest BCUT2D eigenvalue weighted by atomic mass is 9.93. The number of aryl methyl sites for hydroxylation is 1. The van der Waals surface area contributed by atoms with Crippen molar-refractivity contribution < 1.29 is 4.74 Å². The summed E-state index contributed by atoms with van der Waals surface area (Å²) in [5.41, 5.74) is 2.77. The third kappa shape index (κ3) is 5.65. The zero-order valence-electron chi connectivity index (χ0n) is 12.0. The van der Waals surface area contributed by atoms with Gasteiger partial charge in [-0.25, -0.2) is 0 Å². The Kier molecular flexibility index (Phi) is 7.70. The lowest BCUT2D eigenvalue weighted by molar-refractivity contribution is 0.190. The minimum Gasteiger partial charge on any atom is -0.385 e. The molecule has 0 fully saturated rings. The molecule has 1 rings (SSSR count). The van der Waals surface area contributed by atoms with Crippen molar-refractivity contribution >= 4 is 0 Å². The number of methoxy groups -OCH3 is 1. The van der Waals surface area contributed by atoms with E-state index in [0.717, 1.165) is 26.1 Å². The van der Waals surface area contributed by atoms with Crippen molar-refractivity contribution in [2.24, 2.45) is 0 Å². The molecule has 1 aromatic carbocycles. The molecule has 1 N–H and O–H groups in total. The Balaban J connectivity index is 2.54. The van der Waals surface area contributed by atoms with Crippen LogP contribution < -0.4 is 5.32 Å². The normalized spacial score (nSPS) is 12.6. The molecule has 0 aliphatic rings. The topological polar surface area (TPSA) is 21.3 Å². The molecule has 0 aromatic heterocycles. The minimum atomic E-state index is 0.604. The maximum atomic E-state index is 5.15. The highest BCUT2D eigenvalue weighted by Crippen LogP contribution is 2.21. The van der Waals surface area contributed by atoms with Crippen molar-refractivity contribution in [3.63, 3.8) is 0 Å². The molecule has 0 radical (unpaired) electrons. The maximum absolute atomic E-state index is 5.15. The molecule has 0 bridgehead atoms. The Labute approximate surface area is 112 Å². The molecular formula is C16H27NO. The van der Waals surface area contributed by atoms with Crippen molar-refractivity contribution in [1.29, 1.82) is 0 Å². The number of ether oxygens (including phenoxy) is 1. The highest BCUT2D eigenvalue weighted by Gasteiger charge is 2.10. The first kappa shape index (κ1) is 15.2. The Morgan fingerprint density at radius 1 is 1.22 bits per heavy atom. The fourth-order valence-electron chi connectivity index (χ4n) is 2.15. The highest BCUT2D eigenvalue weighted by molar-refractivity contribution is 5.24. The van der Waals surface area contributed by atoms with Crippen LogP contribution in [0, 0.1) is 6.92 Å². The molecule has 0 aliphatic heterocycles. The summed E-state index contributed by atoms with van der Waals surface area (Å²) in [5.74, 6) is 0.604. The zero-order chi connectivity index (χ0) is 13.2. The van der Waals surface area contributed by atoms with Gasteiger partial charge in [-0.15, -0.1) is 0 Å². The average Bonchev–Trinajstić information content (AvgIpc) is 2.38. The molecule has 1 aromatic rings. The maximum Gasteiger partial charge on any atom is 0.0462 e. The van der Waals surface area contributed by atoms with Crippen molar-refractivity contribution in [3.05, 3.63) is 35.4 Å². The Hall–Kier alpha value is -0.860. The smallest absolute Gasteiger partial charge is 0.0462 e. The van der Waals surface area contributed by atoms with E-state index in [-0.39, 0.29) is 0 Å². The van der Waals surface area contributed by atoms with Gasteiger partial charge in [-0.3, -0.25) is 0 Å². The van der Waals surface area contributed by atoms with E-state index in [1.165, 1.54) is 24.0 Å². The van der Waals surface area contributed by atoms with Gasteiger partial charge in [0.05, 0.1) is 0 Å². The first-order valence-corrected chi connectivity index (χ1v) is 7.04. The summed E-state index contributed by atoms with van der Waals surface area (Å²) < 4.78 is 5.15. The number of hydrogen-bond donors (Lipinski definition) is 1. The number of nitrogens with one attached hydrogen (secondary N) is 1. The molecule has 0 spiro atoms. The summed E-state index contributed by atoms with van der Waals surface area (Å²) in [7, 11) is 1.77. The van der Waals surface area contributed by atoms with Crippen molar-refractivity contribution in [1.82, 2.24) is 5.32 Å². The van der Waals surface area contributed by atoms with Gasteiger partial charge in [0.1, 0.15) is 0 Å². The molecule has 0 saturated heterocycles. The van der Waals surface area contributed by atoms with Crippen LogP contribution in [-0.2, 0) is 4.74 Å². The van der Waals surface area contributed by atoms with Gasteiger partial charge >= 0.3 is 0 Å². The van der Waals surface area contributed by atoms with Crippen molar-refractivity contribution in [2.75, 3.05) is 26.8 Å². The van der Waals surface area contributed by atoms with E-state index >= 15 is 0 Å². The molecular weight excluding hydrogens is 222 g/mol. The third-order valence-corrected chi connectivity index (χ3v) is 3.27. The molecule has 1 atom stereocenters. The molecule has 18 heavy (non-hydrogen) atoms. The van der Waals surface area contributed by atoms with Gasteiger partial charge in [0, 0.05) is 20.3 Å². The van der Waals surface area contributed by atoms with E-state index in [1.807, 2.05) is 0 Å². The Bertz CT molecular complexity index is 297. The van der Waals surface area contributed by atoms with Crippen LogP contribution in [0.5, 0.6) is 0 Å². The first-order valence-electron chi connectivity index (χ1n) is 7.04. The summed E-state index contributed by atoms with van der Waals surface area (Å²) in [4.78, 5) is 0. The minimum absolute atomic E-state index is 0.604. The number of rotatable bonds is 9. The summed E-state index contributed by atoms with van der Waals surface area (Å²) in [6, 6.07) is 8.94. The van der Waals surface area contributed by atoms with E-state index < -0.39 is 0 Å². The van der Waals surface area contributed by atoms with Crippen LogP contribution in [0.15, 0.2) is 24.3 Å². The van der Waals surface area contributed by atoms with Crippen LogP contribution in [0.1, 0.15) is 43.2 Å². The predicted octanol–water partition coefficient (Wildman–Crippen LogP) is 3.50. The van der Waals surface area contributed by atoms with Gasteiger partial charge < -0.3 is 10.1 Å². The number of benzene rings is 1. The summed E-state index contributed by atoms with van der Waals surface area (Å²) in [6.07, 6.45) is 3.51. The standard InChI is InChI=1S/C16H27NO/c1-4-11-17-13-16(6-5-12-18-3)15-9-7-14(2)8-10-15/h7-10,16-17H,4-6,11-13H2,1-3H3. The fraction of sp³-hybridized carbons (Fsp3) is 0.625. The summed E-state index contributed by atoms with van der Waals surface area (Å²) >= 11 is 0. The van der Waals surface area contributed by atoms with Gasteiger partial charge in [-0.2, -0.15) is 0 Å². The van der Waals surface area contributed by atoms with E-state index in [1.54, 1.807) is 7.11 Å². The van der Waals surface area contributed by atoms with E-state index in [2.05, 4.69) is 43.4 Å². The van der Waals surface area contributed by atoms with E-state index in [4.69, 9.17) is 4.74 Å². The zero-order valence-corrected chi connectivity index (χ0v) is 12.0. The largest absolute Gasteiger partial charge is 0.385 e. The quantitative estimate of drug-likeness (QED) is 0.676. The number of hydrogen-bond acceptors (Lipinski definition) is 2. The second-order valence-corrected chi connectivity index (χ2v) is 4.95. The van der Waals surface area contributed by atoms with Crippen LogP contribution >= 0.6 is 0 Å². The van der Waals surface area contributed by atoms with Gasteiger partial charge in [0.15, 0.2) is 0 Å². The van der Waals surface area contributed by atoms with Gasteiger partial charge in [0.25, 0.3) is 0 Å². The van der Waals surface area contributed by atoms with Gasteiger partial charge in [0.2, 0.25) is 0 Å². The Morgan fingerprint density at radius 3 is 2.56 bits per heavy atom. The molecule has 102 valence electrons. The third-order valence-electron chi connectivity index (χ3n) is 3.27. The summed E-state index contributed by atoms with van der Waals surface area (Å²) in [5, 5.41) is 3.53. The van der Waals surface area contributed by atoms with E-state index in [9.17, 15) is 0 Å². The van der Waals surface area contributed by atoms with Crippen LogP contribution in [0.2, 0.25) is 0 Å². The molecule has 0 heterocycles. The monoisotopic (exact) mass is 249 g/mol. The first-order chi connectivity index (χ1) is 8.77. The SMILES string of the molecule is CCCNCC(CCCOC)c1ccc(C)cc1. The van der Waals surface area contributed by atoms with Crippen LogP contribution in [-0.4, -0.2) is 26.8 Å². The van der Waals surface area contributed by atoms with E-state index in [0.29, 0.717) is 5.92 Å². The van der Waals surface area contributed by atoms with Crippen molar-refractivity contribution in [3.8, 4) is 0 Å². The van der Waals surface area contributed by atoms with Crippen molar-refractivity contribution in [2.45, 2.75) is 39.0 Å². The van der Waals surface area contributed by atoms with Crippen LogP contribution in [0.4, 0.5) is 0 Å². The van der Waals surface area contributed by atoms with Gasteiger partial charge in [-0.05, 0) is 44.2 Å². The highest BCUT2D eigenvalue weighted by atomic mass is 16.5. The predicted molar refractivity (Wildman–Crippen MR) is 78.2 cm³/mol. The summed E-state index contributed by atoms with van der Waals surface area (Å²) in [6.45, 7) is 7.38. The fourth-order valence-corrected chi connectivity index (χ4v) is 2.15. The lowest BCUT2D eigenvalue weighted by Gasteiger charge is -2.18. The molecule has 0 amide bonds. The second-order valence-electron chi connectivity index (χ2n) is 4.95. The molecule has 0 aliphatic carbocycles. The van der Waals surface area contributed by atoms with Gasteiger partial charge in [-0.1, -0.05) is 36.8 Å². The average molecular weight is 249 g/mol. The Morgan fingerprint density at radius 2 is 1.94 bits per heavy atom. The van der Waals surface area contributed by atoms with Crippen LogP contribution in [0.3, 0.4) is 0 Å². The molecule has 2 nitrogen and oxygen atoms in total. The lowest BCUT2D eigenvalue weighted by Crippen LogP contribution is -2.22. The van der Waals surface area contributed by atoms with Crippen LogP contribution in [0.25, 0.3) is 0 Å². The second kappa shape index (κ2) is 9.12. The molecule has 2 heteroatoms. The molecule has 1 unspecified atom stereocenters. The molecule has 0 saturated carbocycles.